The lowest BCUT2D eigenvalue weighted by atomic mass is 10.2. The number of hydrogen-bond acceptors (Lipinski definition) is 5. The van der Waals surface area contributed by atoms with Gasteiger partial charge in [-0.1, -0.05) is 6.07 Å². The highest BCUT2D eigenvalue weighted by atomic mass is 16.6. The molecule has 0 N–H and O–H groups in total. The van der Waals surface area contributed by atoms with Crippen molar-refractivity contribution < 1.29 is 9.66 Å². The van der Waals surface area contributed by atoms with Gasteiger partial charge in [0.05, 0.1) is 16.6 Å². The Hall–Kier alpha value is -2.94. The number of nitrogens with zero attached hydrogens (tertiary/aromatic N) is 3. The summed E-state index contributed by atoms with van der Waals surface area (Å²) < 4.78 is 5.39. The molecule has 0 aliphatic carbocycles. The van der Waals surface area contributed by atoms with E-state index >= 15 is 0 Å². The summed E-state index contributed by atoms with van der Waals surface area (Å²) in [5, 5.41) is 19.7. The molecule has 1 aromatic carbocycles. The summed E-state index contributed by atoms with van der Waals surface area (Å²) in [5.74, 6) is 0.0768. The van der Waals surface area contributed by atoms with Crippen LogP contribution in [0, 0.1) is 21.4 Å². The number of ether oxygens (including phenoxy) is 1. The summed E-state index contributed by atoms with van der Waals surface area (Å²) >= 11 is 0. The topological polar surface area (TPSA) is 89.0 Å². The Balaban J connectivity index is 2.23. The van der Waals surface area contributed by atoms with Crippen molar-refractivity contribution in [2.75, 3.05) is 0 Å². The highest BCUT2D eigenvalue weighted by Crippen LogP contribution is 2.28. The van der Waals surface area contributed by atoms with Gasteiger partial charge in [0.1, 0.15) is 6.61 Å². The first-order chi connectivity index (χ1) is 9.20. The van der Waals surface area contributed by atoms with E-state index in [2.05, 4.69) is 4.98 Å². The van der Waals surface area contributed by atoms with Gasteiger partial charge in [-0.2, -0.15) is 5.26 Å². The molecule has 0 atom stereocenters. The smallest absolute Gasteiger partial charge is 0.311 e. The number of benzene rings is 1. The second-order valence-corrected chi connectivity index (χ2v) is 3.70. The molecular formula is C13H9N3O3. The van der Waals surface area contributed by atoms with Crippen LogP contribution in [0.5, 0.6) is 5.75 Å². The Morgan fingerprint density at radius 1 is 1.42 bits per heavy atom. The first-order valence-electron chi connectivity index (χ1n) is 5.41. The monoisotopic (exact) mass is 255 g/mol. The van der Waals surface area contributed by atoms with Gasteiger partial charge in [0, 0.05) is 30.1 Å². The van der Waals surface area contributed by atoms with E-state index in [4.69, 9.17) is 10.00 Å². The van der Waals surface area contributed by atoms with Gasteiger partial charge < -0.3 is 4.74 Å². The highest BCUT2D eigenvalue weighted by molar-refractivity contribution is 5.51. The minimum Gasteiger partial charge on any atom is -0.482 e. The number of pyridine rings is 1. The molecule has 6 nitrogen and oxygen atoms in total. The van der Waals surface area contributed by atoms with Crippen LogP contribution in [0.1, 0.15) is 11.1 Å². The number of nitriles is 1. The molecule has 2 rings (SSSR count). The van der Waals surface area contributed by atoms with Crippen molar-refractivity contribution in [1.82, 2.24) is 4.98 Å². The normalized spacial score (nSPS) is 9.63. The van der Waals surface area contributed by atoms with Crippen LogP contribution in [0.25, 0.3) is 0 Å². The summed E-state index contributed by atoms with van der Waals surface area (Å²) in [7, 11) is 0. The minimum absolute atomic E-state index is 0.0768. The Kier molecular flexibility index (Phi) is 3.69. The molecular weight excluding hydrogens is 246 g/mol. The molecule has 0 amide bonds. The molecule has 19 heavy (non-hydrogen) atoms. The van der Waals surface area contributed by atoms with Gasteiger partial charge in [-0.3, -0.25) is 15.1 Å². The largest absolute Gasteiger partial charge is 0.482 e. The number of rotatable bonds is 4. The van der Waals surface area contributed by atoms with E-state index in [0.717, 1.165) is 5.56 Å². The molecule has 0 bridgehead atoms. The van der Waals surface area contributed by atoms with E-state index in [9.17, 15) is 10.1 Å². The highest BCUT2D eigenvalue weighted by Gasteiger charge is 2.15. The molecule has 0 aliphatic rings. The first kappa shape index (κ1) is 12.5. The summed E-state index contributed by atoms with van der Waals surface area (Å²) in [5.41, 5.74) is 0.939. The van der Waals surface area contributed by atoms with Crippen molar-refractivity contribution in [3.8, 4) is 11.8 Å². The fourth-order valence-corrected chi connectivity index (χ4v) is 1.49. The number of aromatic nitrogens is 1. The molecule has 6 heteroatoms. The van der Waals surface area contributed by atoms with Gasteiger partial charge in [-0.05, 0) is 12.1 Å². The molecule has 0 saturated heterocycles. The predicted octanol–water partition coefficient (Wildman–Crippen LogP) is 2.44. The van der Waals surface area contributed by atoms with Crippen molar-refractivity contribution in [3.05, 3.63) is 64.0 Å². The zero-order chi connectivity index (χ0) is 13.7. The standard InChI is InChI=1S/C13H9N3O3/c14-7-10-3-4-12(16(17)18)13(6-10)19-9-11-2-1-5-15-8-11/h1-6,8H,9H2. The summed E-state index contributed by atoms with van der Waals surface area (Å²) in [6.07, 6.45) is 3.24. The summed E-state index contributed by atoms with van der Waals surface area (Å²) in [6, 6.07) is 9.46. The van der Waals surface area contributed by atoms with Crippen LogP contribution in [0.15, 0.2) is 42.7 Å². The summed E-state index contributed by atoms with van der Waals surface area (Å²) in [4.78, 5) is 14.2. The lowest BCUT2D eigenvalue weighted by Gasteiger charge is -2.06. The number of nitro benzene ring substituents is 1. The molecule has 0 spiro atoms. The summed E-state index contributed by atoms with van der Waals surface area (Å²) in [6.45, 7) is 0.156. The van der Waals surface area contributed by atoms with Crippen LogP contribution in [0.3, 0.4) is 0 Å². The van der Waals surface area contributed by atoms with E-state index < -0.39 is 4.92 Å². The molecule has 0 fully saturated rings. The average molecular weight is 255 g/mol. The SMILES string of the molecule is N#Cc1ccc([N+](=O)[O-])c(OCc2cccnc2)c1. The first-order valence-corrected chi connectivity index (χ1v) is 5.41. The van der Waals surface area contributed by atoms with Crippen LogP contribution >= 0.6 is 0 Å². The van der Waals surface area contributed by atoms with Crippen LogP contribution < -0.4 is 4.74 Å². The second-order valence-electron chi connectivity index (χ2n) is 3.70. The number of nitro groups is 1. The zero-order valence-corrected chi connectivity index (χ0v) is 9.81. The molecule has 1 aromatic heterocycles. The van der Waals surface area contributed by atoms with Gasteiger partial charge in [0.2, 0.25) is 0 Å². The fraction of sp³-hybridized carbons (Fsp3) is 0.0769. The van der Waals surface area contributed by atoms with Gasteiger partial charge in [-0.15, -0.1) is 0 Å². The van der Waals surface area contributed by atoms with Gasteiger partial charge >= 0.3 is 5.69 Å². The third-order valence-electron chi connectivity index (χ3n) is 2.40. The van der Waals surface area contributed by atoms with Crippen molar-refractivity contribution >= 4 is 5.69 Å². The number of hydrogen-bond donors (Lipinski definition) is 0. The Bertz CT molecular complexity index is 635. The van der Waals surface area contributed by atoms with Crippen molar-refractivity contribution in [2.24, 2.45) is 0 Å². The van der Waals surface area contributed by atoms with Crippen LogP contribution in [-0.4, -0.2) is 9.91 Å². The Morgan fingerprint density at radius 3 is 2.89 bits per heavy atom. The van der Waals surface area contributed by atoms with E-state index in [1.807, 2.05) is 6.07 Å². The molecule has 0 aliphatic heterocycles. The van der Waals surface area contributed by atoms with E-state index in [1.165, 1.54) is 18.2 Å². The van der Waals surface area contributed by atoms with E-state index in [0.29, 0.717) is 5.56 Å². The maximum Gasteiger partial charge on any atom is 0.311 e. The lowest BCUT2D eigenvalue weighted by molar-refractivity contribution is -0.385. The van der Waals surface area contributed by atoms with Gasteiger partial charge in [0.25, 0.3) is 0 Å². The third-order valence-corrected chi connectivity index (χ3v) is 2.40. The zero-order valence-electron chi connectivity index (χ0n) is 9.81. The van der Waals surface area contributed by atoms with E-state index in [-0.39, 0.29) is 18.0 Å². The van der Waals surface area contributed by atoms with Crippen LogP contribution in [0.4, 0.5) is 5.69 Å². The quantitative estimate of drug-likeness (QED) is 0.618. The molecule has 0 radical (unpaired) electrons. The predicted molar refractivity (Wildman–Crippen MR) is 66.4 cm³/mol. The minimum atomic E-state index is -0.542. The third kappa shape index (κ3) is 3.04. The average Bonchev–Trinajstić information content (AvgIpc) is 2.45. The van der Waals surface area contributed by atoms with Gasteiger partial charge in [-0.25, -0.2) is 0 Å². The molecule has 94 valence electrons. The second kappa shape index (κ2) is 5.60. The maximum atomic E-state index is 10.9. The molecule has 2 aromatic rings. The fourth-order valence-electron chi connectivity index (χ4n) is 1.49. The maximum absolute atomic E-state index is 10.9. The Morgan fingerprint density at radius 2 is 2.26 bits per heavy atom. The molecule has 1 heterocycles. The van der Waals surface area contributed by atoms with Gasteiger partial charge in [0.15, 0.2) is 5.75 Å². The van der Waals surface area contributed by atoms with E-state index in [1.54, 1.807) is 24.5 Å². The molecule has 0 saturated carbocycles. The van der Waals surface area contributed by atoms with Crippen LogP contribution in [-0.2, 0) is 6.61 Å². The van der Waals surface area contributed by atoms with Crippen molar-refractivity contribution in [3.63, 3.8) is 0 Å². The van der Waals surface area contributed by atoms with Crippen LogP contribution in [0.2, 0.25) is 0 Å². The lowest BCUT2D eigenvalue weighted by Crippen LogP contribution is -1.99. The Labute approximate surface area is 109 Å². The molecule has 0 unspecified atom stereocenters. The van der Waals surface area contributed by atoms with Crippen molar-refractivity contribution in [1.29, 1.82) is 5.26 Å². The van der Waals surface area contributed by atoms with Crippen molar-refractivity contribution in [2.45, 2.75) is 6.61 Å².